The quantitative estimate of drug-likeness (QED) is 0.347. The van der Waals surface area contributed by atoms with Crippen LogP contribution in [0.15, 0.2) is 0 Å². The standard InChI is InChI=1S/C11H21B2NO3S2/c1-11(2,10(15)14(3)4)9(17-19-8-13)5-6-16-18-7-12/h9H,5-8H2,1-4H3. The summed E-state index contributed by atoms with van der Waals surface area (Å²) >= 11 is 2.35. The molecule has 0 spiro atoms. The van der Waals surface area contributed by atoms with E-state index in [2.05, 4.69) is 0 Å². The molecule has 0 bridgehead atoms. The average molecular weight is 301 g/mol. The summed E-state index contributed by atoms with van der Waals surface area (Å²) in [7, 11) is 14.2. The molecule has 0 aliphatic rings. The first-order valence-corrected chi connectivity index (χ1v) is 7.84. The molecule has 0 aromatic heterocycles. The van der Waals surface area contributed by atoms with Crippen LogP contribution >= 0.6 is 24.1 Å². The number of carbonyl (C=O) groups is 1. The van der Waals surface area contributed by atoms with Crippen LogP contribution in [0, 0.1) is 5.41 Å². The predicted molar refractivity (Wildman–Crippen MR) is 84.3 cm³/mol. The molecule has 0 aromatic rings. The normalized spacial score (nSPS) is 13.3. The van der Waals surface area contributed by atoms with Crippen LogP contribution in [0.25, 0.3) is 0 Å². The van der Waals surface area contributed by atoms with Crippen molar-refractivity contribution in [2.75, 3.05) is 32.0 Å². The van der Waals surface area contributed by atoms with E-state index in [0.717, 1.165) is 12.0 Å². The second kappa shape index (κ2) is 10.0. The summed E-state index contributed by atoms with van der Waals surface area (Å²) in [6.07, 6.45) is 0.335. The van der Waals surface area contributed by atoms with E-state index in [0.29, 0.717) is 24.3 Å². The van der Waals surface area contributed by atoms with Gasteiger partial charge in [0, 0.05) is 20.5 Å². The van der Waals surface area contributed by atoms with Gasteiger partial charge >= 0.3 is 0 Å². The van der Waals surface area contributed by atoms with Crippen LogP contribution in [0.2, 0.25) is 0 Å². The Morgan fingerprint density at radius 2 is 1.84 bits per heavy atom. The zero-order valence-electron chi connectivity index (χ0n) is 12.0. The van der Waals surface area contributed by atoms with E-state index in [1.54, 1.807) is 19.0 Å². The number of rotatable bonds is 10. The van der Waals surface area contributed by atoms with Gasteiger partial charge in [-0.3, -0.25) is 4.79 Å². The molecule has 0 N–H and O–H groups in total. The van der Waals surface area contributed by atoms with E-state index in [9.17, 15) is 4.79 Å². The molecule has 0 saturated carbocycles. The van der Waals surface area contributed by atoms with Crippen LogP contribution in [0.4, 0.5) is 0 Å². The molecule has 1 amide bonds. The van der Waals surface area contributed by atoms with Crippen molar-refractivity contribution in [2.45, 2.75) is 26.4 Å². The third-order valence-electron chi connectivity index (χ3n) is 2.63. The Hall–Kier alpha value is 0.220. The van der Waals surface area contributed by atoms with Gasteiger partial charge < -0.3 is 13.3 Å². The largest absolute Gasteiger partial charge is 0.348 e. The van der Waals surface area contributed by atoms with Crippen LogP contribution in [-0.2, 0) is 13.2 Å². The minimum absolute atomic E-state index is 0.0154. The fourth-order valence-electron chi connectivity index (χ4n) is 1.63. The zero-order chi connectivity index (χ0) is 14.9. The minimum Gasteiger partial charge on any atom is -0.348 e. The highest BCUT2D eigenvalue weighted by atomic mass is 32.2. The summed E-state index contributed by atoms with van der Waals surface area (Å²) in [6, 6.07) is 0. The highest BCUT2D eigenvalue weighted by Gasteiger charge is 2.38. The van der Waals surface area contributed by atoms with Crippen molar-refractivity contribution < 1.29 is 13.2 Å². The molecular weight excluding hydrogens is 280 g/mol. The Morgan fingerprint density at radius 3 is 2.32 bits per heavy atom. The van der Waals surface area contributed by atoms with E-state index < -0.39 is 5.41 Å². The summed E-state index contributed by atoms with van der Waals surface area (Å²) < 4.78 is 10.9. The van der Waals surface area contributed by atoms with Gasteiger partial charge in [-0.1, -0.05) is 0 Å². The second-order valence-electron chi connectivity index (χ2n) is 4.69. The van der Waals surface area contributed by atoms with Crippen molar-refractivity contribution in [3.8, 4) is 0 Å². The Balaban J connectivity index is 4.57. The molecular formula is C11H21B2NO3S2. The first-order valence-electron chi connectivity index (χ1n) is 6.02. The molecule has 0 rings (SSSR count). The molecule has 0 aliphatic carbocycles. The molecule has 0 aliphatic heterocycles. The van der Waals surface area contributed by atoms with Crippen molar-refractivity contribution in [3.05, 3.63) is 0 Å². The molecule has 0 heterocycles. The van der Waals surface area contributed by atoms with Crippen LogP contribution < -0.4 is 0 Å². The van der Waals surface area contributed by atoms with Crippen molar-refractivity contribution in [1.29, 1.82) is 0 Å². The molecule has 4 nitrogen and oxygen atoms in total. The number of hydrogen-bond acceptors (Lipinski definition) is 5. The van der Waals surface area contributed by atoms with Gasteiger partial charge in [-0.2, -0.15) is 0 Å². The lowest BCUT2D eigenvalue weighted by atomic mass is 9.83. The van der Waals surface area contributed by atoms with Crippen molar-refractivity contribution in [3.63, 3.8) is 0 Å². The first-order chi connectivity index (χ1) is 8.87. The van der Waals surface area contributed by atoms with Gasteiger partial charge in [-0.15, -0.1) is 0 Å². The fourth-order valence-corrected chi connectivity index (χ4v) is 2.52. The van der Waals surface area contributed by atoms with E-state index in [1.165, 1.54) is 12.0 Å². The van der Waals surface area contributed by atoms with Gasteiger partial charge in [-0.05, 0) is 49.2 Å². The van der Waals surface area contributed by atoms with Gasteiger partial charge in [0.25, 0.3) is 0 Å². The molecule has 1 atom stereocenters. The highest BCUT2D eigenvalue weighted by molar-refractivity contribution is 7.95. The summed E-state index contributed by atoms with van der Waals surface area (Å²) in [5, 5.41) is 0. The Kier molecular flexibility index (Phi) is 10.1. The fraction of sp³-hybridized carbons (Fsp3) is 0.909. The van der Waals surface area contributed by atoms with E-state index in [1.807, 2.05) is 13.8 Å². The third kappa shape index (κ3) is 6.97. The maximum Gasteiger partial charge on any atom is 0.230 e. The monoisotopic (exact) mass is 301 g/mol. The van der Waals surface area contributed by atoms with Gasteiger partial charge in [0.15, 0.2) is 0 Å². The number of hydrogen-bond donors (Lipinski definition) is 0. The topological polar surface area (TPSA) is 38.8 Å². The summed E-state index contributed by atoms with van der Waals surface area (Å²) in [5.74, 6) is 0.0154. The number of nitrogens with zero attached hydrogens (tertiary/aromatic N) is 1. The molecule has 0 saturated heterocycles. The molecule has 8 heteroatoms. The molecule has 0 aromatic carbocycles. The van der Waals surface area contributed by atoms with Crippen molar-refractivity contribution >= 4 is 45.7 Å². The lowest BCUT2D eigenvalue weighted by Gasteiger charge is -2.34. The van der Waals surface area contributed by atoms with Crippen LogP contribution in [0.5, 0.6) is 0 Å². The molecule has 0 fully saturated rings. The van der Waals surface area contributed by atoms with E-state index in [4.69, 9.17) is 24.1 Å². The predicted octanol–water partition coefficient (Wildman–Crippen LogP) is 1.44. The second-order valence-corrected chi connectivity index (χ2v) is 6.25. The average Bonchev–Trinajstić information content (AvgIpc) is 2.36. The highest BCUT2D eigenvalue weighted by Crippen LogP contribution is 2.31. The van der Waals surface area contributed by atoms with Crippen LogP contribution in [-0.4, -0.2) is 64.6 Å². The zero-order valence-corrected chi connectivity index (χ0v) is 13.7. The Labute approximate surface area is 128 Å². The van der Waals surface area contributed by atoms with Gasteiger partial charge in [0.1, 0.15) is 0 Å². The Bertz CT molecular complexity index is 268. The SMILES string of the molecule is [B]CSOCCC(OSC[B])C(C)(C)C(=O)N(C)C. The molecule has 4 radical (unpaired) electrons. The first kappa shape index (κ1) is 19.2. The lowest BCUT2D eigenvalue weighted by molar-refractivity contribution is -0.142. The molecule has 19 heavy (non-hydrogen) atoms. The number of carbonyl (C=O) groups excluding carboxylic acids is 1. The van der Waals surface area contributed by atoms with Crippen molar-refractivity contribution in [2.24, 2.45) is 5.41 Å². The number of amides is 1. The lowest BCUT2D eigenvalue weighted by Crippen LogP contribution is -2.45. The summed E-state index contributed by atoms with van der Waals surface area (Å²) in [5.41, 5.74) is 0.118. The molecule has 106 valence electrons. The van der Waals surface area contributed by atoms with Gasteiger partial charge in [0.2, 0.25) is 5.91 Å². The maximum atomic E-state index is 12.2. The van der Waals surface area contributed by atoms with Gasteiger partial charge in [0.05, 0.1) is 33.8 Å². The Morgan fingerprint density at radius 1 is 1.26 bits per heavy atom. The van der Waals surface area contributed by atoms with Crippen molar-refractivity contribution in [1.82, 2.24) is 4.90 Å². The van der Waals surface area contributed by atoms with Crippen LogP contribution in [0.3, 0.4) is 0 Å². The third-order valence-corrected chi connectivity index (χ3v) is 3.60. The van der Waals surface area contributed by atoms with E-state index in [-0.39, 0.29) is 12.0 Å². The summed E-state index contributed by atoms with van der Waals surface area (Å²) in [6.45, 7) is 4.21. The smallest absolute Gasteiger partial charge is 0.230 e. The van der Waals surface area contributed by atoms with Crippen LogP contribution in [0.1, 0.15) is 20.3 Å². The minimum atomic E-state index is -0.636. The summed E-state index contributed by atoms with van der Waals surface area (Å²) in [4.78, 5) is 13.8. The molecule has 1 unspecified atom stereocenters. The maximum absolute atomic E-state index is 12.2. The van der Waals surface area contributed by atoms with Gasteiger partial charge in [-0.25, -0.2) is 0 Å². The van der Waals surface area contributed by atoms with E-state index >= 15 is 0 Å².